The second-order valence-corrected chi connectivity index (χ2v) is 4.01. The summed E-state index contributed by atoms with van der Waals surface area (Å²) in [5, 5.41) is 25.9. The molecule has 3 rings (SSSR count). The molecule has 1 unspecified atom stereocenters. The van der Waals surface area contributed by atoms with Gasteiger partial charge >= 0.3 is 18.0 Å². The summed E-state index contributed by atoms with van der Waals surface area (Å²) < 4.78 is 0. The molecule has 0 radical (unpaired) electrons. The van der Waals surface area contributed by atoms with Crippen molar-refractivity contribution in [2.45, 2.75) is 0 Å². The van der Waals surface area contributed by atoms with Gasteiger partial charge in [0.1, 0.15) is 17.2 Å². The van der Waals surface area contributed by atoms with Crippen molar-refractivity contribution in [2.75, 3.05) is 0 Å². The van der Waals surface area contributed by atoms with Crippen molar-refractivity contribution in [1.82, 2.24) is 0 Å². The first-order chi connectivity index (χ1) is 10.2. The Balaban J connectivity index is 0.000000294. The molecular formula is C18H21AsO3. The molecule has 3 nitrogen and oxygen atoms in total. The number of phenolic OH excluding ortho intramolecular Hbond substituents is 3. The van der Waals surface area contributed by atoms with Crippen LogP contribution in [0.5, 0.6) is 17.2 Å². The number of aromatic hydroxyl groups is 3. The Kier molecular flexibility index (Phi) is 11.0. The minimum absolute atomic E-state index is 0. The number of hydrogen-bond acceptors (Lipinski definition) is 3. The summed E-state index contributed by atoms with van der Waals surface area (Å²) in [6.07, 6.45) is 0. The third-order valence-corrected chi connectivity index (χ3v) is 2.27. The van der Waals surface area contributed by atoms with Crippen LogP contribution in [0.25, 0.3) is 0 Å². The average Bonchev–Trinajstić information content (AvgIpc) is 2.51. The Morgan fingerprint density at radius 1 is 0.364 bits per heavy atom. The molecule has 22 heavy (non-hydrogen) atoms. The van der Waals surface area contributed by atoms with Gasteiger partial charge in [0.2, 0.25) is 0 Å². The van der Waals surface area contributed by atoms with E-state index >= 15 is 0 Å². The van der Waals surface area contributed by atoms with Gasteiger partial charge in [-0.25, -0.2) is 0 Å². The first-order valence-corrected chi connectivity index (χ1v) is 6.40. The zero-order valence-electron chi connectivity index (χ0n) is 12.2. The number of benzene rings is 3. The van der Waals surface area contributed by atoms with Crippen molar-refractivity contribution in [2.24, 2.45) is 0 Å². The summed E-state index contributed by atoms with van der Waals surface area (Å²) in [5.41, 5.74) is 0. The first-order valence-electron chi connectivity index (χ1n) is 6.40. The van der Waals surface area contributed by atoms with E-state index in [9.17, 15) is 0 Å². The van der Waals surface area contributed by atoms with Gasteiger partial charge in [-0.2, -0.15) is 0 Å². The van der Waals surface area contributed by atoms with Crippen LogP contribution in [0, 0.1) is 0 Å². The van der Waals surface area contributed by atoms with Crippen LogP contribution in [-0.4, -0.2) is 33.3 Å². The molecule has 0 bridgehead atoms. The van der Waals surface area contributed by atoms with E-state index in [0.29, 0.717) is 17.2 Å². The minimum atomic E-state index is 0. The molecule has 0 aliphatic heterocycles. The molecular weight excluding hydrogens is 339 g/mol. The summed E-state index contributed by atoms with van der Waals surface area (Å²) in [4.78, 5) is 0. The number of rotatable bonds is 0. The molecule has 0 aliphatic carbocycles. The van der Waals surface area contributed by atoms with Crippen molar-refractivity contribution in [3.63, 3.8) is 0 Å². The van der Waals surface area contributed by atoms with Gasteiger partial charge in [0, 0.05) is 0 Å². The van der Waals surface area contributed by atoms with E-state index < -0.39 is 0 Å². The number of hydrogen-bond donors (Lipinski definition) is 3. The standard InChI is InChI=1S/3C6H6O.AsH3/c3*7-6-4-2-1-3-5-6;/h3*1-5,7H;1H3. The SMILES string of the molecule is Oc1ccccc1.Oc1ccccc1.Oc1ccccc1.[AsH3]. The zero-order chi connectivity index (χ0) is 15.3. The van der Waals surface area contributed by atoms with Gasteiger partial charge in [-0.1, -0.05) is 54.6 Å². The van der Waals surface area contributed by atoms with E-state index in [4.69, 9.17) is 15.3 Å². The van der Waals surface area contributed by atoms with E-state index in [1.54, 1.807) is 72.8 Å². The van der Waals surface area contributed by atoms with Crippen LogP contribution in [0.1, 0.15) is 0 Å². The van der Waals surface area contributed by atoms with Crippen LogP contribution in [0.3, 0.4) is 0 Å². The van der Waals surface area contributed by atoms with Crippen molar-refractivity contribution in [3.8, 4) is 17.2 Å². The molecule has 0 saturated carbocycles. The van der Waals surface area contributed by atoms with Crippen molar-refractivity contribution >= 4 is 18.0 Å². The predicted octanol–water partition coefficient (Wildman–Crippen LogP) is 2.99. The Bertz CT molecular complexity index is 497. The summed E-state index contributed by atoms with van der Waals surface area (Å²) in [6, 6.07) is 26.1. The second-order valence-electron chi connectivity index (χ2n) is 4.01. The van der Waals surface area contributed by atoms with E-state index in [0.717, 1.165) is 0 Å². The fourth-order valence-corrected chi connectivity index (χ4v) is 1.28. The molecule has 4 heteroatoms. The second kappa shape index (κ2) is 12.4. The maximum absolute atomic E-state index is 8.63. The molecule has 1 atom stereocenters. The van der Waals surface area contributed by atoms with Crippen LogP contribution in [0.4, 0.5) is 0 Å². The first kappa shape index (κ1) is 19.6. The van der Waals surface area contributed by atoms with Gasteiger partial charge in [0.25, 0.3) is 0 Å². The summed E-state index contributed by atoms with van der Waals surface area (Å²) in [7, 11) is 0. The Morgan fingerprint density at radius 3 is 0.636 bits per heavy atom. The van der Waals surface area contributed by atoms with Gasteiger partial charge in [-0.3, -0.25) is 0 Å². The van der Waals surface area contributed by atoms with Crippen molar-refractivity contribution < 1.29 is 15.3 Å². The van der Waals surface area contributed by atoms with Crippen LogP contribution in [0.2, 0.25) is 0 Å². The molecule has 0 aliphatic rings. The van der Waals surface area contributed by atoms with Gasteiger partial charge in [0.05, 0.1) is 0 Å². The Morgan fingerprint density at radius 2 is 0.545 bits per heavy atom. The molecule has 3 N–H and O–H groups in total. The third-order valence-electron chi connectivity index (χ3n) is 2.27. The topological polar surface area (TPSA) is 60.7 Å². The average molecular weight is 360 g/mol. The molecule has 0 aromatic heterocycles. The quantitative estimate of drug-likeness (QED) is 0.540. The van der Waals surface area contributed by atoms with Crippen LogP contribution < -0.4 is 0 Å². The Labute approximate surface area is 141 Å². The molecule has 3 aromatic rings. The van der Waals surface area contributed by atoms with Gasteiger partial charge in [-0.05, 0) is 36.4 Å². The van der Waals surface area contributed by atoms with Crippen molar-refractivity contribution in [3.05, 3.63) is 91.0 Å². The van der Waals surface area contributed by atoms with E-state index in [-0.39, 0.29) is 18.0 Å². The van der Waals surface area contributed by atoms with Crippen LogP contribution >= 0.6 is 0 Å². The normalized spacial score (nSPS) is 8.18. The molecule has 3 aromatic carbocycles. The van der Waals surface area contributed by atoms with E-state index in [1.165, 1.54) is 0 Å². The molecule has 0 heterocycles. The van der Waals surface area contributed by atoms with Gasteiger partial charge in [-0.15, -0.1) is 0 Å². The van der Waals surface area contributed by atoms with Gasteiger partial charge < -0.3 is 15.3 Å². The van der Waals surface area contributed by atoms with Crippen molar-refractivity contribution in [1.29, 1.82) is 0 Å². The van der Waals surface area contributed by atoms with Crippen LogP contribution in [-0.2, 0) is 0 Å². The van der Waals surface area contributed by atoms with E-state index in [1.807, 2.05) is 18.2 Å². The monoisotopic (exact) mass is 360 g/mol. The predicted molar refractivity (Wildman–Crippen MR) is 94.3 cm³/mol. The van der Waals surface area contributed by atoms with E-state index in [2.05, 4.69) is 0 Å². The summed E-state index contributed by atoms with van der Waals surface area (Å²) >= 11 is 0. The molecule has 0 amide bonds. The molecule has 116 valence electrons. The molecule has 0 spiro atoms. The fraction of sp³-hybridized carbons (Fsp3) is 0. The maximum atomic E-state index is 8.63. The molecule has 0 fully saturated rings. The van der Waals surface area contributed by atoms with Gasteiger partial charge in [0.15, 0.2) is 0 Å². The fourth-order valence-electron chi connectivity index (χ4n) is 1.28. The number of para-hydroxylation sites is 3. The number of phenols is 3. The molecule has 0 saturated heterocycles. The Hall–Kier alpha value is -2.38. The third kappa shape index (κ3) is 10.4. The summed E-state index contributed by atoms with van der Waals surface area (Å²) in [5.74, 6) is 0.965. The zero-order valence-corrected chi connectivity index (χ0v) is 15.2. The van der Waals surface area contributed by atoms with Crippen LogP contribution in [0.15, 0.2) is 91.0 Å². The summed E-state index contributed by atoms with van der Waals surface area (Å²) in [6.45, 7) is 0.